The molecule has 4 heteroatoms. The molecule has 26 heavy (non-hydrogen) atoms. The van der Waals surface area contributed by atoms with E-state index >= 15 is 0 Å². The van der Waals surface area contributed by atoms with Crippen LogP contribution in [0.15, 0.2) is 71.6 Å². The fraction of sp³-hybridized carbons (Fsp3) is 0.182. The highest BCUT2D eigenvalue weighted by Crippen LogP contribution is 2.39. The van der Waals surface area contributed by atoms with Gasteiger partial charge in [-0.25, -0.2) is 8.42 Å². The maximum Gasteiger partial charge on any atom is 0.264 e. The van der Waals surface area contributed by atoms with E-state index in [4.69, 9.17) is 0 Å². The Morgan fingerprint density at radius 2 is 1.58 bits per heavy atom. The Balaban J connectivity index is 1.74. The van der Waals surface area contributed by atoms with E-state index in [2.05, 4.69) is 12.1 Å². The van der Waals surface area contributed by atoms with Crippen molar-refractivity contribution in [3.05, 3.63) is 83.4 Å². The Kier molecular flexibility index (Phi) is 4.08. The van der Waals surface area contributed by atoms with Crippen molar-refractivity contribution in [2.24, 2.45) is 0 Å². The van der Waals surface area contributed by atoms with Crippen LogP contribution in [0.3, 0.4) is 0 Å². The summed E-state index contributed by atoms with van der Waals surface area (Å²) >= 11 is 0. The van der Waals surface area contributed by atoms with E-state index < -0.39 is 10.0 Å². The largest absolute Gasteiger partial charge is 0.267 e. The second kappa shape index (κ2) is 6.29. The van der Waals surface area contributed by atoms with E-state index in [1.54, 1.807) is 12.1 Å². The highest BCUT2D eigenvalue weighted by Gasteiger charge is 2.25. The van der Waals surface area contributed by atoms with Gasteiger partial charge in [0.05, 0.1) is 10.6 Å². The Morgan fingerprint density at radius 3 is 2.31 bits per heavy atom. The first-order valence-corrected chi connectivity index (χ1v) is 10.3. The minimum Gasteiger partial charge on any atom is -0.267 e. The molecule has 0 spiro atoms. The van der Waals surface area contributed by atoms with Crippen LogP contribution < -0.4 is 4.31 Å². The molecular formula is C22H21NO2S. The van der Waals surface area contributed by atoms with Crippen LogP contribution in [0.4, 0.5) is 5.69 Å². The summed E-state index contributed by atoms with van der Waals surface area (Å²) in [5.74, 6) is 0. The molecule has 0 saturated carbocycles. The van der Waals surface area contributed by atoms with Crippen molar-refractivity contribution in [1.82, 2.24) is 0 Å². The Labute approximate surface area is 155 Å². The molecule has 0 aromatic heterocycles. The van der Waals surface area contributed by atoms with Crippen LogP contribution >= 0.6 is 0 Å². The molecular weight excluding hydrogens is 342 g/mol. The van der Waals surface area contributed by atoms with Crippen LogP contribution in [0.25, 0.3) is 11.1 Å². The molecule has 0 heterocycles. The minimum atomic E-state index is -3.57. The summed E-state index contributed by atoms with van der Waals surface area (Å²) < 4.78 is 27.7. The zero-order chi connectivity index (χ0) is 18.3. The SMILES string of the molecule is CCN(c1ccc2c(c1)Cc1ccccc1-2)S(=O)(=O)c1ccc(C)cc1. The third kappa shape index (κ3) is 2.71. The molecule has 3 aromatic carbocycles. The second-order valence-electron chi connectivity index (χ2n) is 6.66. The Morgan fingerprint density at radius 1 is 0.885 bits per heavy atom. The monoisotopic (exact) mass is 363 g/mol. The maximum atomic E-state index is 13.1. The zero-order valence-corrected chi connectivity index (χ0v) is 15.8. The fourth-order valence-corrected chi connectivity index (χ4v) is 5.08. The van der Waals surface area contributed by atoms with E-state index in [0.29, 0.717) is 11.4 Å². The lowest BCUT2D eigenvalue weighted by molar-refractivity contribution is 0.592. The molecule has 3 nitrogen and oxygen atoms in total. The van der Waals surface area contributed by atoms with Crippen LogP contribution in [0.5, 0.6) is 0 Å². The van der Waals surface area contributed by atoms with Gasteiger partial charge in [-0.15, -0.1) is 0 Å². The van der Waals surface area contributed by atoms with Crippen molar-refractivity contribution in [2.75, 3.05) is 10.8 Å². The number of aryl methyl sites for hydroxylation is 1. The van der Waals surface area contributed by atoms with Gasteiger partial charge in [0.2, 0.25) is 0 Å². The highest BCUT2D eigenvalue weighted by molar-refractivity contribution is 7.92. The van der Waals surface area contributed by atoms with E-state index in [0.717, 1.165) is 17.7 Å². The molecule has 132 valence electrons. The van der Waals surface area contributed by atoms with Crippen molar-refractivity contribution in [3.63, 3.8) is 0 Å². The number of hydrogen-bond donors (Lipinski definition) is 0. The van der Waals surface area contributed by atoms with Crippen LogP contribution in [0.2, 0.25) is 0 Å². The van der Waals surface area contributed by atoms with Crippen LogP contribution in [-0.2, 0) is 16.4 Å². The maximum absolute atomic E-state index is 13.1. The zero-order valence-electron chi connectivity index (χ0n) is 14.9. The third-order valence-electron chi connectivity index (χ3n) is 4.96. The first-order valence-electron chi connectivity index (χ1n) is 8.81. The molecule has 4 rings (SSSR count). The Bertz CT molecular complexity index is 1070. The first-order chi connectivity index (χ1) is 12.5. The van der Waals surface area contributed by atoms with Gasteiger partial charge in [-0.3, -0.25) is 4.31 Å². The molecule has 0 unspecified atom stereocenters. The number of benzene rings is 3. The normalized spacial score (nSPS) is 12.5. The van der Waals surface area contributed by atoms with Crippen molar-refractivity contribution >= 4 is 15.7 Å². The summed E-state index contributed by atoms with van der Waals surface area (Å²) in [5, 5.41) is 0. The summed E-state index contributed by atoms with van der Waals surface area (Å²) in [4.78, 5) is 0.328. The number of nitrogens with zero attached hydrogens (tertiary/aromatic N) is 1. The number of sulfonamides is 1. The highest BCUT2D eigenvalue weighted by atomic mass is 32.2. The van der Waals surface area contributed by atoms with Gasteiger partial charge in [0.1, 0.15) is 0 Å². The molecule has 0 amide bonds. The number of anilines is 1. The summed E-state index contributed by atoms with van der Waals surface area (Å²) in [5.41, 5.74) is 6.69. The third-order valence-corrected chi connectivity index (χ3v) is 6.88. The lowest BCUT2D eigenvalue weighted by Crippen LogP contribution is -2.30. The summed E-state index contributed by atoms with van der Waals surface area (Å²) in [6, 6.07) is 21.3. The van der Waals surface area contributed by atoms with Gasteiger partial charge in [-0.1, -0.05) is 48.0 Å². The average molecular weight is 363 g/mol. The smallest absolute Gasteiger partial charge is 0.264 e. The molecule has 0 saturated heterocycles. The van der Waals surface area contributed by atoms with Gasteiger partial charge < -0.3 is 0 Å². The first kappa shape index (κ1) is 16.9. The predicted octanol–water partition coefficient (Wildman–Crippen LogP) is 4.78. The minimum absolute atomic E-state index is 0.328. The Hall–Kier alpha value is -2.59. The number of hydrogen-bond acceptors (Lipinski definition) is 2. The summed E-state index contributed by atoms with van der Waals surface area (Å²) in [7, 11) is -3.57. The molecule has 1 aliphatic rings. The van der Waals surface area contributed by atoms with E-state index in [1.165, 1.54) is 26.6 Å². The molecule has 0 radical (unpaired) electrons. The second-order valence-corrected chi connectivity index (χ2v) is 8.52. The number of fused-ring (bicyclic) bond motifs is 3. The van der Waals surface area contributed by atoms with Crippen molar-refractivity contribution in [2.45, 2.75) is 25.2 Å². The van der Waals surface area contributed by atoms with Gasteiger partial charge in [-0.05, 0) is 66.8 Å². The van der Waals surface area contributed by atoms with Crippen LogP contribution in [0.1, 0.15) is 23.6 Å². The molecule has 1 aliphatic carbocycles. The van der Waals surface area contributed by atoms with Crippen LogP contribution in [0, 0.1) is 6.92 Å². The molecule has 0 aliphatic heterocycles. The number of rotatable bonds is 4. The molecule has 0 N–H and O–H groups in total. The summed E-state index contributed by atoms with van der Waals surface area (Å²) in [6.45, 7) is 4.21. The predicted molar refractivity (Wildman–Crippen MR) is 106 cm³/mol. The lowest BCUT2D eigenvalue weighted by Gasteiger charge is -2.23. The van der Waals surface area contributed by atoms with Crippen molar-refractivity contribution in [3.8, 4) is 11.1 Å². The molecule has 0 bridgehead atoms. The lowest BCUT2D eigenvalue weighted by atomic mass is 10.1. The van der Waals surface area contributed by atoms with E-state index in [9.17, 15) is 8.42 Å². The van der Waals surface area contributed by atoms with E-state index in [1.807, 2.05) is 56.3 Å². The molecule has 0 atom stereocenters. The van der Waals surface area contributed by atoms with Gasteiger partial charge >= 0.3 is 0 Å². The molecule has 0 fully saturated rings. The average Bonchev–Trinajstić information content (AvgIpc) is 3.00. The van der Waals surface area contributed by atoms with Gasteiger partial charge in [0.25, 0.3) is 10.0 Å². The summed E-state index contributed by atoms with van der Waals surface area (Å²) in [6.07, 6.45) is 0.849. The fourth-order valence-electron chi connectivity index (χ4n) is 3.62. The van der Waals surface area contributed by atoms with Crippen LogP contribution in [-0.4, -0.2) is 15.0 Å². The quantitative estimate of drug-likeness (QED) is 0.523. The van der Waals surface area contributed by atoms with Crippen molar-refractivity contribution in [1.29, 1.82) is 0 Å². The van der Waals surface area contributed by atoms with E-state index in [-0.39, 0.29) is 0 Å². The van der Waals surface area contributed by atoms with Crippen molar-refractivity contribution < 1.29 is 8.42 Å². The standard InChI is InChI=1S/C22H21NO2S/c1-3-23(26(24,25)20-11-8-16(2)9-12-20)19-10-13-22-18(15-19)14-17-6-4-5-7-21(17)22/h4-13,15H,3,14H2,1-2H3. The topological polar surface area (TPSA) is 37.4 Å². The van der Waals surface area contributed by atoms with Gasteiger partial charge in [0, 0.05) is 6.54 Å². The van der Waals surface area contributed by atoms with Gasteiger partial charge in [-0.2, -0.15) is 0 Å². The molecule has 3 aromatic rings. The van der Waals surface area contributed by atoms with Gasteiger partial charge in [0.15, 0.2) is 0 Å².